The fourth-order valence-corrected chi connectivity index (χ4v) is 10.9. The van der Waals surface area contributed by atoms with Crippen LogP contribution < -0.4 is 20.1 Å². The molecule has 18 heteroatoms. The van der Waals surface area contributed by atoms with Gasteiger partial charge in [-0.1, -0.05) is 18.2 Å². The zero-order chi connectivity index (χ0) is 41.2. The second kappa shape index (κ2) is 14.7. The van der Waals surface area contributed by atoms with Crippen LogP contribution in [-0.2, 0) is 71.4 Å². The summed E-state index contributed by atoms with van der Waals surface area (Å²) in [6.07, 6.45) is 17.3. The van der Waals surface area contributed by atoms with Crippen molar-refractivity contribution in [1.29, 1.82) is 0 Å². The third kappa shape index (κ3) is 6.98. The molecule has 1 atom stereocenters. The maximum atomic E-state index is 13.3. The van der Waals surface area contributed by atoms with Gasteiger partial charge in [-0.3, -0.25) is 4.98 Å². The Morgan fingerprint density at radius 2 is 1.18 bits per heavy atom. The first-order chi connectivity index (χ1) is 29.0. The topological polar surface area (TPSA) is 212 Å². The predicted molar refractivity (Wildman–Crippen MR) is 221 cm³/mol. The first kappa shape index (κ1) is 37.8. The van der Waals surface area contributed by atoms with Crippen molar-refractivity contribution >= 4 is 43.5 Å². The summed E-state index contributed by atoms with van der Waals surface area (Å²) in [5.41, 5.74) is 11.8. The van der Waals surface area contributed by atoms with Crippen molar-refractivity contribution in [3.8, 4) is 11.5 Å². The van der Waals surface area contributed by atoms with Crippen molar-refractivity contribution in [3.05, 3.63) is 130 Å². The van der Waals surface area contributed by atoms with Crippen LogP contribution in [0.3, 0.4) is 0 Å². The van der Waals surface area contributed by atoms with Crippen molar-refractivity contribution in [1.82, 2.24) is 39.0 Å². The number of benzene rings is 2. The van der Waals surface area contributed by atoms with E-state index >= 15 is 0 Å². The minimum atomic E-state index is -4.29. The van der Waals surface area contributed by atoms with Crippen molar-refractivity contribution in [3.63, 3.8) is 0 Å². The Balaban J connectivity index is 0.812. The van der Waals surface area contributed by atoms with E-state index < -0.39 is 32.1 Å². The van der Waals surface area contributed by atoms with Crippen molar-refractivity contribution in [2.75, 3.05) is 10.6 Å². The highest BCUT2D eigenvalue weighted by Gasteiger charge is 2.32. The van der Waals surface area contributed by atoms with Gasteiger partial charge in [-0.25, -0.2) is 33.4 Å². The molecule has 4 heterocycles. The molecule has 0 radical (unpaired) electrons. The molecule has 0 aliphatic heterocycles. The number of carbonyl (C=O) groups is 2. The Morgan fingerprint density at radius 1 is 0.617 bits per heavy atom. The van der Waals surface area contributed by atoms with Crippen LogP contribution in [0.1, 0.15) is 75.3 Å². The van der Waals surface area contributed by atoms with E-state index in [0.29, 0.717) is 30.0 Å². The lowest BCUT2D eigenvalue weighted by molar-refractivity contribution is 0.255. The van der Waals surface area contributed by atoms with Crippen LogP contribution in [0, 0.1) is 0 Å². The molecule has 4 aromatic heterocycles. The third-order valence-corrected chi connectivity index (χ3v) is 14.4. The summed E-state index contributed by atoms with van der Waals surface area (Å²) in [4.78, 5) is 35.1. The molecule has 6 aromatic rings. The highest BCUT2D eigenvalue weighted by atomic mass is 32.2. The number of rotatable bonds is 9. The van der Waals surface area contributed by atoms with Gasteiger partial charge in [-0.15, -0.1) is 0 Å². The van der Waals surface area contributed by atoms with Gasteiger partial charge in [-0.2, -0.15) is 27.0 Å². The quantitative estimate of drug-likeness (QED) is 0.149. The maximum absolute atomic E-state index is 13.3. The Kier molecular flexibility index (Phi) is 9.27. The van der Waals surface area contributed by atoms with Gasteiger partial charge in [0.2, 0.25) is 0 Å². The summed E-state index contributed by atoms with van der Waals surface area (Å²) in [7, 11) is -8.58. The number of urea groups is 2. The summed E-state index contributed by atoms with van der Waals surface area (Å²) in [6.45, 7) is 0. The van der Waals surface area contributed by atoms with E-state index in [1.807, 2.05) is 6.07 Å². The number of amides is 4. The fourth-order valence-electron chi connectivity index (χ4n) is 9.27. The SMILES string of the molecule is O=C(Nc1c2c(cc3c1CC(c1ccc(-n4ccc(S(=O)(=O)NC(=O)Nc5c6c(cc7c5CCC7)CCC6)n4)nc1)C3)CCC2)NS(=O)(=O)c1ccn(-c2cccnc2)n1. The number of hydrogen-bond donors (Lipinski definition) is 4. The number of aromatic nitrogens is 6. The van der Waals surface area contributed by atoms with Crippen molar-refractivity contribution < 1.29 is 26.4 Å². The molecular weight excluding hydrogens is 805 g/mol. The molecule has 0 saturated heterocycles. The molecule has 2 aromatic carbocycles. The first-order valence-corrected chi connectivity index (χ1v) is 22.9. The van der Waals surface area contributed by atoms with Gasteiger partial charge in [0.1, 0.15) is 0 Å². The summed E-state index contributed by atoms with van der Waals surface area (Å²) in [5, 5.41) is 13.5. The third-order valence-electron chi connectivity index (χ3n) is 12.0. The van der Waals surface area contributed by atoms with Crippen LogP contribution in [0.15, 0.2) is 89.6 Å². The van der Waals surface area contributed by atoms with E-state index in [1.54, 1.807) is 36.8 Å². The molecular formula is C42H40N10O6S2. The van der Waals surface area contributed by atoms with Crippen LogP contribution in [0.2, 0.25) is 0 Å². The number of nitrogens with one attached hydrogen (secondary N) is 4. The molecule has 60 heavy (non-hydrogen) atoms. The van der Waals surface area contributed by atoms with Gasteiger partial charge in [0.15, 0.2) is 15.9 Å². The standard InChI is InChI=1S/C42H40N10O6S2/c53-41(45-39-32-9-1-5-25(32)19-26-6-2-10-33(26)39)49-60(57,58)38-15-18-52(48-38)36-13-12-28(23-44-36)29-21-30-20-27-7-3-11-34(27)40(35(30)22-29)46-42(54)50-59(55,56)37-14-17-51(47-37)31-8-4-16-43-24-31/h4,8,12-20,23-24,29H,1-3,5-7,9-11,21-22H2,(H2,45,49,53)(H2,46,50,54). The van der Waals surface area contributed by atoms with Gasteiger partial charge >= 0.3 is 12.1 Å². The Bertz CT molecular complexity index is 2910. The molecule has 4 aliphatic carbocycles. The predicted octanol–water partition coefficient (Wildman–Crippen LogP) is 5.22. The lowest BCUT2D eigenvalue weighted by Gasteiger charge is -2.16. The van der Waals surface area contributed by atoms with Crippen LogP contribution >= 0.6 is 0 Å². The Labute approximate surface area is 346 Å². The molecule has 1 unspecified atom stereocenters. The number of fused-ring (bicyclic) bond motifs is 4. The minimum Gasteiger partial charge on any atom is -0.307 e. The highest BCUT2D eigenvalue weighted by molar-refractivity contribution is 7.90. The van der Waals surface area contributed by atoms with Gasteiger partial charge in [0.25, 0.3) is 20.0 Å². The molecule has 4 amide bonds. The maximum Gasteiger partial charge on any atom is 0.333 e. The smallest absolute Gasteiger partial charge is 0.307 e. The minimum absolute atomic E-state index is 0.0243. The average molecular weight is 845 g/mol. The molecule has 0 spiro atoms. The average Bonchev–Trinajstić information content (AvgIpc) is 4.08. The number of hydrogen-bond acceptors (Lipinski definition) is 10. The van der Waals surface area contributed by atoms with Crippen molar-refractivity contribution in [2.24, 2.45) is 0 Å². The van der Waals surface area contributed by atoms with Crippen LogP contribution in [-0.4, -0.2) is 58.4 Å². The largest absolute Gasteiger partial charge is 0.333 e. The number of aryl methyl sites for hydroxylation is 3. The molecule has 16 nitrogen and oxygen atoms in total. The lowest BCUT2D eigenvalue weighted by Crippen LogP contribution is -2.35. The number of pyridine rings is 2. The number of anilines is 2. The molecule has 10 rings (SSSR count). The van der Waals surface area contributed by atoms with Crippen LogP contribution in [0.4, 0.5) is 21.0 Å². The summed E-state index contributed by atoms with van der Waals surface area (Å²) in [6, 6.07) is 12.5. The normalized spacial score (nSPS) is 16.5. The molecule has 0 fully saturated rings. The Hall–Kier alpha value is -6.40. The highest BCUT2D eigenvalue weighted by Crippen LogP contribution is 2.43. The van der Waals surface area contributed by atoms with Crippen LogP contribution in [0.25, 0.3) is 11.5 Å². The second-order valence-electron chi connectivity index (χ2n) is 15.7. The van der Waals surface area contributed by atoms with Gasteiger partial charge in [-0.05, 0) is 157 Å². The van der Waals surface area contributed by atoms with E-state index in [2.05, 4.69) is 52.4 Å². The summed E-state index contributed by atoms with van der Waals surface area (Å²) >= 11 is 0. The second-order valence-corrected chi connectivity index (χ2v) is 19.0. The van der Waals surface area contributed by atoms with Gasteiger partial charge < -0.3 is 10.6 Å². The molecule has 306 valence electrons. The number of sulfonamides is 2. The van der Waals surface area contributed by atoms with E-state index in [0.717, 1.165) is 102 Å². The molecule has 4 aliphatic rings. The molecule has 0 saturated carbocycles. The van der Waals surface area contributed by atoms with Gasteiger partial charge in [0, 0.05) is 36.2 Å². The number of nitrogens with zero attached hydrogens (tertiary/aromatic N) is 6. The molecule has 4 N–H and O–H groups in total. The molecule has 0 bridgehead atoms. The number of carbonyl (C=O) groups excluding carboxylic acids is 2. The van der Waals surface area contributed by atoms with Gasteiger partial charge in [0.05, 0.1) is 11.9 Å². The van der Waals surface area contributed by atoms with Crippen molar-refractivity contribution in [2.45, 2.75) is 86.6 Å². The zero-order valence-corrected chi connectivity index (χ0v) is 33.9. The van der Waals surface area contributed by atoms with E-state index in [9.17, 15) is 26.4 Å². The van der Waals surface area contributed by atoms with Crippen LogP contribution in [0.5, 0.6) is 0 Å². The summed E-state index contributed by atoms with van der Waals surface area (Å²) < 4.78 is 60.0. The zero-order valence-electron chi connectivity index (χ0n) is 32.3. The van der Waals surface area contributed by atoms with E-state index in [-0.39, 0.29) is 16.0 Å². The lowest BCUT2D eigenvalue weighted by atomic mass is 9.97. The van der Waals surface area contributed by atoms with E-state index in [1.165, 1.54) is 45.0 Å². The first-order valence-electron chi connectivity index (χ1n) is 20.0. The fraction of sp³-hybridized carbons (Fsp3) is 0.286. The Morgan fingerprint density at radius 3 is 1.75 bits per heavy atom. The summed E-state index contributed by atoms with van der Waals surface area (Å²) in [5.74, 6) is 0.413. The monoisotopic (exact) mass is 844 g/mol. The van der Waals surface area contributed by atoms with E-state index in [4.69, 9.17) is 0 Å².